The van der Waals surface area contributed by atoms with E-state index < -0.39 is 0 Å². The monoisotopic (exact) mass is 1120 g/mol. The average Bonchev–Trinajstić information content (AvgIpc) is 3.83. The van der Waals surface area contributed by atoms with Crippen molar-refractivity contribution in [2.45, 2.75) is 25.7 Å². The first-order chi connectivity index (χ1) is 35.1. The molecular formula is C67H46IrN3S. The van der Waals surface area contributed by atoms with Crippen molar-refractivity contribution < 1.29 is 20.1 Å². The molecule has 0 aliphatic heterocycles. The third-order valence-corrected chi connectivity index (χ3v) is 14.5. The van der Waals surface area contributed by atoms with Crippen LogP contribution >= 0.6 is 11.3 Å². The summed E-state index contributed by atoms with van der Waals surface area (Å²) < 4.78 is 2.60. The van der Waals surface area contributed by atoms with Crippen molar-refractivity contribution in [1.29, 1.82) is 0 Å². The van der Waals surface area contributed by atoms with Crippen molar-refractivity contribution in [1.82, 2.24) is 15.0 Å². The SMILES string of the molecule is [Ir+3].[c-]1ccccc1-c1ccc(CCc2cc(CCc3ccc(-c4[c-]cccc4)nc3)cc(-c3ccccc3-c3cnc(-c4[c-]ccc(-c5ccc6c(c5)sc5ccccc56)c4)cc3-c3ccccc3)c2)cn1. The summed E-state index contributed by atoms with van der Waals surface area (Å²) in [5.74, 6) is 0. The Balaban J connectivity index is 0.00000560. The molecule has 0 spiro atoms. The summed E-state index contributed by atoms with van der Waals surface area (Å²) in [5.41, 5.74) is 19.9. The van der Waals surface area contributed by atoms with Crippen molar-refractivity contribution in [2.24, 2.45) is 0 Å². The predicted molar refractivity (Wildman–Crippen MR) is 295 cm³/mol. The second-order valence-electron chi connectivity index (χ2n) is 18.0. The van der Waals surface area contributed by atoms with E-state index in [9.17, 15) is 0 Å². The first-order valence-corrected chi connectivity index (χ1v) is 25.0. The van der Waals surface area contributed by atoms with Gasteiger partial charge in [-0.15, -0.1) is 119 Å². The van der Waals surface area contributed by atoms with Crippen molar-refractivity contribution in [2.75, 3.05) is 0 Å². The maximum atomic E-state index is 5.23. The van der Waals surface area contributed by atoms with Crippen LogP contribution in [0, 0.1) is 18.2 Å². The number of rotatable bonds is 13. The quantitative estimate of drug-likeness (QED) is 0.108. The number of pyridine rings is 3. The van der Waals surface area contributed by atoms with Crippen molar-refractivity contribution in [3.8, 4) is 78.3 Å². The minimum Gasteiger partial charge on any atom is -0.304 e. The molecule has 72 heavy (non-hydrogen) atoms. The van der Waals surface area contributed by atoms with Crippen molar-refractivity contribution in [3.05, 3.63) is 271 Å². The average molecular weight is 1120 g/mol. The fourth-order valence-corrected chi connectivity index (χ4v) is 10.8. The molecule has 4 aromatic heterocycles. The molecule has 0 radical (unpaired) electrons. The Morgan fingerprint density at radius 1 is 0.319 bits per heavy atom. The Kier molecular flexibility index (Phi) is 13.7. The Labute approximate surface area is 439 Å². The molecule has 0 bridgehead atoms. The van der Waals surface area contributed by atoms with Gasteiger partial charge in [-0.2, -0.15) is 0 Å². The van der Waals surface area contributed by atoms with Gasteiger partial charge in [0.25, 0.3) is 0 Å². The fourth-order valence-electron chi connectivity index (χ4n) is 9.70. The predicted octanol–water partition coefficient (Wildman–Crippen LogP) is 16.9. The summed E-state index contributed by atoms with van der Waals surface area (Å²) in [7, 11) is 0. The summed E-state index contributed by atoms with van der Waals surface area (Å²) >= 11 is 1.85. The van der Waals surface area contributed by atoms with Crippen molar-refractivity contribution >= 4 is 31.5 Å². The van der Waals surface area contributed by atoms with Crippen molar-refractivity contribution in [3.63, 3.8) is 0 Å². The molecule has 0 saturated heterocycles. The van der Waals surface area contributed by atoms with Crippen LogP contribution in [0.1, 0.15) is 22.3 Å². The molecule has 8 aromatic carbocycles. The maximum absolute atomic E-state index is 5.23. The third kappa shape index (κ3) is 10.0. The molecule has 5 heteroatoms. The van der Waals surface area contributed by atoms with E-state index in [1.54, 1.807) is 0 Å². The largest absolute Gasteiger partial charge is 3.00 e. The van der Waals surface area contributed by atoms with E-state index in [4.69, 9.17) is 15.0 Å². The van der Waals surface area contributed by atoms with Gasteiger partial charge in [0.15, 0.2) is 0 Å². The number of hydrogen-bond acceptors (Lipinski definition) is 4. The second-order valence-corrected chi connectivity index (χ2v) is 19.1. The summed E-state index contributed by atoms with van der Waals surface area (Å²) in [6, 6.07) is 85.6. The Hall–Kier alpha value is -7.92. The van der Waals surface area contributed by atoms with Crippen LogP contribution in [0.4, 0.5) is 0 Å². The summed E-state index contributed by atoms with van der Waals surface area (Å²) in [5, 5.41) is 2.61. The van der Waals surface area contributed by atoms with E-state index in [2.05, 4.69) is 194 Å². The zero-order valence-electron chi connectivity index (χ0n) is 39.4. The van der Waals surface area contributed by atoms with Crippen LogP contribution in [0.3, 0.4) is 0 Å². The van der Waals surface area contributed by atoms with E-state index in [-0.39, 0.29) is 20.1 Å². The van der Waals surface area contributed by atoms with Gasteiger partial charge in [0.05, 0.1) is 0 Å². The fraction of sp³-hybridized carbons (Fsp3) is 0.0597. The summed E-state index contributed by atoms with van der Waals surface area (Å²) in [6.45, 7) is 0. The molecule has 4 heterocycles. The van der Waals surface area contributed by atoms with E-state index in [1.807, 2.05) is 66.2 Å². The van der Waals surface area contributed by atoms with Gasteiger partial charge in [-0.3, -0.25) is 0 Å². The molecule has 12 aromatic rings. The molecule has 0 saturated carbocycles. The van der Waals surface area contributed by atoms with E-state index in [0.29, 0.717) is 0 Å². The normalized spacial score (nSPS) is 11.2. The molecule has 0 unspecified atom stereocenters. The van der Waals surface area contributed by atoms with E-state index in [0.717, 1.165) is 87.3 Å². The Morgan fingerprint density at radius 2 is 0.903 bits per heavy atom. The van der Waals surface area contributed by atoms with E-state index in [1.165, 1.54) is 59.1 Å². The molecule has 0 N–H and O–H groups in total. The smallest absolute Gasteiger partial charge is 0.304 e. The van der Waals surface area contributed by atoms with Gasteiger partial charge < -0.3 is 15.0 Å². The molecule has 0 fully saturated rings. The standard InChI is InChI=1S/C67H46N3S.Ir/c1-4-15-50(16-5-1)61-42-65(55-22-14-21-53(40-55)54-33-34-60-59-25-12-13-26-66(59)71-67(60)41-54)70-45-62(61)58-24-11-10-23-57(58)56-38-48(29-27-46-31-35-63(68-43-46)51-17-6-2-7-18-51)37-49(39-56)30-28-47-32-36-64(69-44-47)52-19-8-3-9-20-52;/h1-17,19,21,23-26,31-45H,27-30H2;/q-3;+3. The number of aryl methyl sites for hydroxylation is 4. The first-order valence-electron chi connectivity index (χ1n) is 24.2. The topological polar surface area (TPSA) is 38.7 Å². The zero-order valence-corrected chi connectivity index (χ0v) is 42.6. The second kappa shape index (κ2) is 21.2. The number of fused-ring (bicyclic) bond motifs is 3. The number of nitrogens with zero attached hydrogens (tertiary/aromatic N) is 3. The van der Waals surface area contributed by atoms with Crippen LogP contribution in [-0.4, -0.2) is 15.0 Å². The van der Waals surface area contributed by atoms with Crippen LogP contribution in [0.15, 0.2) is 231 Å². The molecule has 12 rings (SSSR count). The molecular weight excluding hydrogens is 1070 g/mol. The minimum absolute atomic E-state index is 0. The molecule has 0 atom stereocenters. The van der Waals surface area contributed by atoms with Gasteiger partial charge in [0.1, 0.15) is 0 Å². The molecule has 0 aliphatic rings. The maximum Gasteiger partial charge on any atom is 3.00 e. The van der Waals surface area contributed by atoms with Gasteiger partial charge in [-0.1, -0.05) is 133 Å². The molecule has 0 aliphatic carbocycles. The molecule has 3 nitrogen and oxygen atoms in total. The molecule has 0 amide bonds. The van der Waals surface area contributed by atoms with Crippen LogP contribution in [0.25, 0.3) is 98.5 Å². The number of hydrogen-bond donors (Lipinski definition) is 0. The van der Waals surface area contributed by atoms with Crippen LogP contribution in [-0.2, 0) is 45.8 Å². The van der Waals surface area contributed by atoms with Gasteiger partial charge in [-0.25, -0.2) is 0 Å². The summed E-state index contributed by atoms with van der Waals surface area (Å²) in [6.07, 6.45) is 9.61. The third-order valence-electron chi connectivity index (χ3n) is 13.4. The van der Waals surface area contributed by atoms with Crippen LogP contribution < -0.4 is 0 Å². The van der Waals surface area contributed by atoms with Crippen LogP contribution in [0.5, 0.6) is 0 Å². The van der Waals surface area contributed by atoms with Crippen LogP contribution in [0.2, 0.25) is 0 Å². The van der Waals surface area contributed by atoms with E-state index >= 15 is 0 Å². The first kappa shape index (κ1) is 46.5. The van der Waals surface area contributed by atoms with Gasteiger partial charge in [0, 0.05) is 44.3 Å². The minimum atomic E-state index is 0. The number of aromatic nitrogens is 3. The molecule has 344 valence electrons. The number of thiophene rings is 1. The summed E-state index contributed by atoms with van der Waals surface area (Å²) in [4.78, 5) is 14.9. The van der Waals surface area contributed by atoms with Gasteiger partial charge in [0.2, 0.25) is 0 Å². The Bertz CT molecular complexity index is 3690. The van der Waals surface area contributed by atoms with Gasteiger partial charge in [-0.05, 0) is 111 Å². The Morgan fingerprint density at radius 3 is 1.57 bits per heavy atom. The number of benzene rings is 8. The zero-order chi connectivity index (χ0) is 47.3. The van der Waals surface area contributed by atoms with Gasteiger partial charge >= 0.3 is 20.1 Å².